The average Bonchev–Trinajstić information content (AvgIpc) is 3.03. The summed E-state index contributed by atoms with van der Waals surface area (Å²) in [5, 5.41) is 7.94. The van der Waals surface area contributed by atoms with Crippen molar-refractivity contribution in [3.8, 4) is 0 Å². The molecule has 0 spiro atoms. The fourth-order valence-corrected chi connectivity index (χ4v) is 3.73. The number of hydrazone groups is 1. The Morgan fingerprint density at radius 2 is 2.00 bits per heavy atom. The van der Waals surface area contributed by atoms with Crippen molar-refractivity contribution in [2.45, 2.75) is 52.5 Å². The van der Waals surface area contributed by atoms with Gasteiger partial charge in [-0.3, -0.25) is 9.59 Å². The third kappa shape index (κ3) is 4.65. The van der Waals surface area contributed by atoms with Crippen molar-refractivity contribution in [3.63, 3.8) is 0 Å². The van der Waals surface area contributed by atoms with Crippen molar-refractivity contribution in [2.24, 2.45) is 5.10 Å². The normalized spacial score (nSPS) is 15.7. The van der Waals surface area contributed by atoms with Gasteiger partial charge >= 0.3 is 0 Å². The highest BCUT2D eigenvalue weighted by Crippen LogP contribution is 2.30. The molecule has 2 N–H and O–H groups in total. The van der Waals surface area contributed by atoms with Crippen LogP contribution < -0.4 is 10.7 Å². The quantitative estimate of drug-likeness (QED) is 0.655. The molecule has 1 aromatic heterocycles. The first-order chi connectivity index (χ1) is 13.8. The molecule has 1 heterocycles. The number of nitrogens with zero attached hydrogens (tertiary/aromatic N) is 1. The van der Waals surface area contributed by atoms with Crippen LogP contribution in [0, 0.1) is 6.92 Å². The van der Waals surface area contributed by atoms with E-state index in [0.717, 1.165) is 36.1 Å². The van der Waals surface area contributed by atoms with Gasteiger partial charge in [0.2, 0.25) is 0 Å². The lowest BCUT2D eigenvalue weighted by atomic mass is 9.93. The van der Waals surface area contributed by atoms with Crippen molar-refractivity contribution in [2.75, 3.05) is 0 Å². The number of hydrogen-bond donors (Lipinski definition) is 2. The highest BCUT2D eigenvalue weighted by atomic mass is 35.5. The molecule has 2 aromatic rings. The van der Waals surface area contributed by atoms with E-state index in [1.165, 1.54) is 6.07 Å². The lowest BCUT2D eigenvalue weighted by Crippen LogP contribution is -2.32. The van der Waals surface area contributed by atoms with Crippen LogP contribution >= 0.6 is 23.2 Å². The van der Waals surface area contributed by atoms with Crippen molar-refractivity contribution < 1.29 is 14.0 Å². The maximum atomic E-state index is 12.5. The van der Waals surface area contributed by atoms with E-state index in [1.54, 1.807) is 12.1 Å². The molecule has 1 unspecified atom stereocenters. The van der Waals surface area contributed by atoms with Crippen molar-refractivity contribution >= 4 is 40.7 Å². The zero-order chi connectivity index (χ0) is 21.1. The van der Waals surface area contributed by atoms with Gasteiger partial charge in [-0.25, -0.2) is 5.43 Å². The summed E-state index contributed by atoms with van der Waals surface area (Å²) in [6.45, 7) is 5.79. The molecule has 154 valence electrons. The summed E-state index contributed by atoms with van der Waals surface area (Å²) in [7, 11) is 0. The predicted octanol–water partition coefficient (Wildman–Crippen LogP) is 4.89. The summed E-state index contributed by atoms with van der Waals surface area (Å²) in [5.74, 6) is 0.363. The number of furan rings is 1. The lowest BCUT2D eigenvalue weighted by molar-refractivity contribution is 0.0907. The molecule has 0 aliphatic heterocycles. The number of nitrogens with one attached hydrogen (secondary N) is 2. The maximum Gasteiger partial charge on any atom is 0.287 e. The Morgan fingerprint density at radius 3 is 2.69 bits per heavy atom. The van der Waals surface area contributed by atoms with Gasteiger partial charge in [-0.15, -0.1) is 0 Å². The number of amides is 2. The minimum atomic E-state index is -0.429. The topological polar surface area (TPSA) is 83.7 Å². The van der Waals surface area contributed by atoms with Crippen LogP contribution in [0.1, 0.15) is 70.9 Å². The SMILES string of the molecule is CCC(C)NC(=O)c1oc2c(c1C)/C(=N/NC(=O)c1ccc(Cl)cc1Cl)CCC2. The van der Waals surface area contributed by atoms with E-state index in [0.29, 0.717) is 22.9 Å². The second-order valence-electron chi connectivity index (χ2n) is 7.11. The number of fused-ring (bicyclic) bond motifs is 1. The summed E-state index contributed by atoms with van der Waals surface area (Å²) in [6, 6.07) is 4.70. The Morgan fingerprint density at radius 1 is 1.24 bits per heavy atom. The molecule has 3 rings (SSSR count). The number of benzene rings is 1. The van der Waals surface area contributed by atoms with Gasteiger partial charge in [-0.2, -0.15) is 5.10 Å². The second kappa shape index (κ2) is 9.01. The first-order valence-corrected chi connectivity index (χ1v) is 10.3. The highest BCUT2D eigenvalue weighted by Gasteiger charge is 2.28. The Balaban J connectivity index is 1.84. The van der Waals surface area contributed by atoms with Gasteiger partial charge in [0.05, 0.1) is 16.3 Å². The van der Waals surface area contributed by atoms with E-state index >= 15 is 0 Å². The van der Waals surface area contributed by atoms with Crippen LogP contribution in [0.15, 0.2) is 27.7 Å². The lowest BCUT2D eigenvalue weighted by Gasteiger charge is -2.13. The van der Waals surface area contributed by atoms with Crippen LogP contribution in [-0.4, -0.2) is 23.6 Å². The molecule has 8 heteroatoms. The molecule has 6 nitrogen and oxygen atoms in total. The van der Waals surface area contributed by atoms with Gasteiger partial charge < -0.3 is 9.73 Å². The smallest absolute Gasteiger partial charge is 0.287 e. The Bertz CT molecular complexity index is 982. The fourth-order valence-electron chi connectivity index (χ4n) is 3.24. The molecular weight excluding hydrogens is 413 g/mol. The molecule has 29 heavy (non-hydrogen) atoms. The van der Waals surface area contributed by atoms with Crippen LogP contribution in [0.3, 0.4) is 0 Å². The zero-order valence-corrected chi connectivity index (χ0v) is 18.1. The molecule has 1 atom stereocenters. The van der Waals surface area contributed by atoms with Gasteiger partial charge in [-0.1, -0.05) is 30.1 Å². The van der Waals surface area contributed by atoms with Gasteiger partial charge in [0.1, 0.15) is 5.76 Å². The second-order valence-corrected chi connectivity index (χ2v) is 7.96. The molecular formula is C21H23Cl2N3O3. The summed E-state index contributed by atoms with van der Waals surface area (Å²) >= 11 is 12.0. The number of carbonyl (C=O) groups is 2. The molecule has 0 bridgehead atoms. The maximum absolute atomic E-state index is 12.5. The summed E-state index contributed by atoms with van der Waals surface area (Å²) in [4.78, 5) is 25.0. The van der Waals surface area contributed by atoms with Crippen LogP contribution in [0.5, 0.6) is 0 Å². The first-order valence-electron chi connectivity index (χ1n) is 9.57. The third-order valence-corrected chi connectivity index (χ3v) is 5.54. The van der Waals surface area contributed by atoms with E-state index in [2.05, 4.69) is 15.8 Å². The standard InChI is InChI=1S/C21H23Cl2N3O3/c1-4-11(2)24-21(28)19-12(3)18-16(6-5-7-17(18)29-19)25-26-20(27)14-9-8-13(22)10-15(14)23/h8-11H,4-7H2,1-3H3,(H,24,28)(H,26,27)/b25-16+. The number of halogens is 2. The molecule has 0 saturated carbocycles. The van der Waals surface area contributed by atoms with E-state index < -0.39 is 5.91 Å². The summed E-state index contributed by atoms with van der Waals surface area (Å²) in [6.07, 6.45) is 3.05. The molecule has 0 saturated heterocycles. The average molecular weight is 436 g/mol. The highest BCUT2D eigenvalue weighted by molar-refractivity contribution is 6.36. The number of carbonyl (C=O) groups excluding carboxylic acids is 2. The van der Waals surface area contributed by atoms with E-state index in [4.69, 9.17) is 27.6 Å². The van der Waals surface area contributed by atoms with Gasteiger partial charge in [0.15, 0.2) is 5.76 Å². The van der Waals surface area contributed by atoms with Crippen molar-refractivity contribution in [1.29, 1.82) is 0 Å². The molecule has 1 aliphatic carbocycles. The zero-order valence-electron chi connectivity index (χ0n) is 16.6. The minimum absolute atomic E-state index is 0.0561. The number of rotatable bonds is 5. The minimum Gasteiger partial charge on any atom is -0.455 e. The number of aryl methyl sites for hydroxylation is 1. The Hall–Kier alpha value is -2.31. The van der Waals surface area contributed by atoms with E-state index in [-0.39, 0.29) is 22.5 Å². The van der Waals surface area contributed by atoms with Crippen molar-refractivity contribution in [3.05, 3.63) is 56.5 Å². The first kappa shape index (κ1) is 21.4. The summed E-state index contributed by atoms with van der Waals surface area (Å²) < 4.78 is 5.86. The third-order valence-electron chi connectivity index (χ3n) is 4.99. The van der Waals surface area contributed by atoms with Crippen LogP contribution in [0.4, 0.5) is 0 Å². The fraction of sp³-hybridized carbons (Fsp3) is 0.381. The van der Waals surface area contributed by atoms with E-state index in [1.807, 2.05) is 20.8 Å². The Labute approximate surface area is 179 Å². The molecule has 0 fully saturated rings. The molecule has 2 amide bonds. The van der Waals surface area contributed by atoms with Crippen LogP contribution in [0.2, 0.25) is 10.0 Å². The number of hydrogen-bond acceptors (Lipinski definition) is 4. The largest absolute Gasteiger partial charge is 0.455 e. The molecule has 1 aliphatic rings. The summed E-state index contributed by atoms with van der Waals surface area (Å²) in [5.41, 5.74) is 5.06. The van der Waals surface area contributed by atoms with Crippen LogP contribution in [0.25, 0.3) is 0 Å². The van der Waals surface area contributed by atoms with Crippen LogP contribution in [-0.2, 0) is 6.42 Å². The monoisotopic (exact) mass is 435 g/mol. The molecule has 1 aromatic carbocycles. The Kier molecular flexibility index (Phi) is 6.65. The molecule has 0 radical (unpaired) electrons. The predicted molar refractivity (Wildman–Crippen MR) is 114 cm³/mol. The van der Waals surface area contributed by atoms with Gasteiger partial charge in [0.25, 0.3) is 11.8 Å². The van der Waals surface area contributed by atoms with E-state index in [9.17, 15) is 9.59 Å². The van der Waals surface area contributed by atoms with Gasteiger partial charge in [-0.05, 0) is 51.3 Å². The van der Waals surface area contributed by atoms with Crippen molar-refractivity contribution in [1.82, 2.24) is 10.7 Å². The van der Waals surface area contributed by atoms with Gasteiger partial charge in [0, 0.05) is 28.6 Å².